The van der Waals surface area contributed by atoms with Crippen LogP contribution >= 0.6 is 11.6 Å². The van der Waals surface area contributed by atoms with E-state index in [1.807, 2.05) is 13.8 Å². The van der Waals surface area contributed by atoms with Crippen LogP contribution in [0.5, 0.6) is 5.75 Å². The van der Waals surface area contributed by atoms with Crippen LogP contribution in [0, 0.1) is 0 Å². The van der Waals surface area contributed by atoms with Crippen molar-refractivity contribution in [3.8, 4) is 5.75 Å². The molecule has 16 heavy (non-hydrogen) atoms. The summed E-state index contributed by atoms with van der Waals surface area (Å²) in [5.74, 6) is 0.226. The van der Waals surface area contributed by atoms with Gasteiger partial charge in [-0.05, 0) is 26.0 Å². The molecule has 1 aromatic rings. The Morgan fingerprint density at radius 1 is 1.50 bits per heavy atom. The van der Waals surface area contributed by atoms with Gasteiger partial charge in [0.25, 0.3) is 0 Å². The Morgan fingerprint density at radius 3 is 2.88 bits per heavy atom. The zero-order chi connectivity index (χ0) is 12.0. The van der Waals surface area contributed by atoms with Crippen LogP contribution in [-0.2, 0) is 11.3 Å². The van der Waals surface area contributed by atoms with Crippen molar-refractivity contribution in [1.82, 2.24) is 5.32 Å². The molecule has 90 valence electrons. The molecule has 0 saturated carbocycles. The van der Waals surface area contributed by atoms with Crippen molar-refractivity contribution < 1.29 is 9.84 Å². The number of benzene rings is 1. The van der Waals surface area contributed by atoms with Gasteiger partial charge in [0.05, 0.1) is 6.61 Å². The lowest BCUT2D eigenvalue weighted by Gasteiger charge is -2.14. The zero-order valence-electron chi connectivity index (χ0n) is 9.66. The molecule has 1 atom stereocenters. The lowest BCUT2D eigenvalue weighted by Crippen LogP contribution is -2.30. The summed E-state index contributed by atoms with van der Waals surface area (Å²) in [4.78, 5) is 0. The third-order valence-electron chi connectivity index (χ3n) is 2.29. The van der Waals surface area contributed by atoms with Crippen LogP contribution in [-0.4, -0.2) is 24.4 Å². The molecular formula is C12H18ClNO2. The van der Waals surface area contributed by atoms with Crippen LogP contribution in [0.1, 0.15) is 19.4 Å². The first-order valence-electron chi connectivity index (χ1n) is 5.42. The van der Waals surface area contributed by atoms with Crippen LogP contribution in [0.4, 0.5) is 0 Å². The second kappa shape index (κ2) is 6.74. The largest absolute Gasteiger partial charge is 0.508 e. The van der Waals surface area contributed by atoms with Gasteiger partial charge in [0, 0.05) is 29.8 Å². The molecule has 0 bridgehead atoms. The van der Waals surface area contributed by atoms with Gasteiger partial charge in [-0.3, -0.25) is 0 Å². The maximum atomic E-state index is 9.62. The summed E-state index contributed by atoms with van der Waals surface area (Å²) >= 11 is 5.99. The van der Waals surface area contributed by atoms with Crippen LogP contribution in [0.25, 0.3) is 0 Å². The Hall–Kier alpha value is -0.770. The van der Waals surface area contributed by atoms with Crippen molar-refractivity contribution in [3.05, 3.63) is 28.8 Å². The fourth-order valence-electron chi connectivity index (χ4n) is 1.35. The Morgan fingerprint density at radius 2 is 2.25 bits per heavy atom. The number of phenols is 1. The number of aromatic hydroxyl groups is 1. The summed E-state index contributed by atoms with van der Waals surface area (Å²) < 4.78 is 5.29. The summed E-state index contributed by atoms with van der Waals surface area (Å²) in [6, 6.07) is 5.36. The van der Waals surface area contributed by atoms with E-state index >= 15 is 0 Å². The van der Waals surface area contributed by atoms with Gasteiger partial charge in [0.15, 0.2) is 0 Å². The molecule has 0 heterocycles. The first-order chi connectivity index (χ1) is 7.65. The number of hydrogen-bond donors (Lipinski definition) is 2. The SMILES string of the molecule is CCOCC(C)NCc1c(O)cccc1Cl. The summed E-state index contributed by atoms with van der Waals surface area (Å²) in [7, 11) is 0. The van der Waals surface area contributed by atoms with Gasteiger partial charge in [-0.25, -0.2) is 0 Å². The van der Waals surface area contributed by atoms with Gasteiger partial charge in [0.2, 0.25) is 0 Å². The standard InChI is InChI=1S/C12H18ClNO2/c1-3-16-8-9(2)14-7-10-11(13)5-4-6-12(10)15/h4-6,9,14-15H,3,7-8H2,1-2H3. The van der Waals surface area contributed by atoms with Crippen LogP contribution in [0.3, 0.4) is 0 Å². The monoisotopic (exact) mass is 243 g/mol. The van der Waals surface area contributed by atoms with E-state index in [4.69, 9.17) is 16.3 Å². The van der Waals surface area contributed by atoms with Crippen molar-refractivity contribution in [3.63, 3.8) is 0 Å². The maximum absolute atomic E-state index is 9.62. The normalized spacial score (nSPS) is 12.7. The van der Waals surface area contributed by atoms with Gasteiger partial charge >= 0.3 is 0 Å². The summed E-state index contributed by atoms with van der Waals surface area (Å²) in [5, 5.41) is 13.5. The third-order valence-corrected chi connectivity index (χ3v) is 2.65. The molecular weight excluding hydrogens is 226 g/mol. The van der Waals surface area contributed by atoms with Gasteiger partial charge in [0.1, 0.15) is 5.75 Å². The average Bonchev–Trinajstić information content (AvgIpc) is 2.25. The number of rotatable bonds is 6. The Balaban J connectivity index is 2.48. The first-order valence-corrected chi connectivity index (χ1v) is 5.80. The highest BCUT2D eigenvalue weighted by atomic mass is 35.5. The molecule has 1 unspecified atom stereocenters. The number of nitrogens with one attached hydrogen (secondary N) is 1. The lowest BCUT2D eigenvalue weighted by molar-refractivity contribution is 0.127. The van der Waals surface area contributed by atoms with E-state index < -0.39 is 0 Å². The van der Waals surface area contributed by atoms with E-state index in [0.717, 1.165) is 5.56 Å². The number of halogens is 1. The molecule has 0 aliphatic rings. The Labute approximate surface area is 101 Å². The second-order valence-electron chi connectivity index (χ2n) is 3.68. The molecule has 0 spiro atoms. The molecule has 0 aliphatic heterocycles. The summed E-state index contributed by atoms with van der Waals surface area (Å²) in [6.45, 7) is 5.90. The van der Waals surface area contributed by atoms with Crippen LogP contribution < -0.4 is 5.32 Å². The minimum atomic E-state index is 0.226. The molecule has 0 amide bonds. The van der Waals surface area contributed by atoms with Crippen molar-refractivity contribution in [2.24, 2.45) is 0 Å². The molecule has 1 aromatic carbocycles. The van der Waals surface area contributed by atoms with E-state index in [9.17, 15) is 5.11 Å². The fourth-order valence-corrected chi connectivity index (χ4v) is 1.59. The molecule has 2 N–H and O–H groups in total. The van der Waals surface area contributed by atoms with Gasteiger partial charge < -0.3 is 15.2 Å². The average molecular weight is 244 g/mol. The quantitative estimate of drug-likeness (QED) is 0.807. The number of phenolic OH excluding ortho intramolecular Hbond substituents is 1. The van der Waals surface area contributed by atoms with Gasteiger partial charge in [-0.1, -0.05) is 17.7 Å². The second-order valence-corrected chi connectivity index (χ2v) is 4.09. The van der Waals surface area contributed by atoms with E-state index in [2.05, 4.69) is 5.32 Å². The van der Waals surface area contributed by atoms with Gasteiger partial charge in [-0.15, -0.1) is 0 Å². The van der Waals surface area contributed by atoms with Crippen LogP contribution in [0.2, 0.25) is 5.02 Å². The Kier molecular flexibility index (Phi) is 5.60. The zero-order valence-corrected chi connectivity index (χ0v) is 10.4. The third kappa shape index (κ3) is 4.00. The first kappa shape index (κ1) is 13.3. The smallest absolute Gasteiger partial charge is 0.121 e. The predicted octanol–water partition coefficient (Wildman–Crippen LogP) is 2.56. The summed E-state index contributed by atoms with van der Waals surface area (Å²) in [5.41, 5.74) is 0.729. The number of ether oxygens (including phenoxy) is 1. The highest BCUT2D eigenvalue weighted by Gasteiger charge is 2.07. The molecule has 4 heteroatoms. The molecule has 1 rings (SSSR count). The van der Waals surface area contributed by atoms with E-state index in [1.54, 1.807) is 18.2 Å². The van der Waals surface area contributed by atoms with Crippen molar-refractivity contribution >= 4 is 11.6 Å². The fraction of sp³-hybridized carbons (Fsp3) is 0.500. The highest BCUT2D eigenvalue weighted by molar-refractivity contribution is 6.31. The van der Waals surface area contributed by atoms with E-state index in [1.165, 1.54) is 0 Å². The lowest BCUT2D eigenvalue weighted by atomic mass is 10.2. The topological polar surface area (TPSA) is 41.5 Å². The summed E-state index contributed by atoms with van der Waals surface area (Å²) in [6.07, 6.45) is 0. The van der Waals surface area contributed by atoms with Crippen LogP contribution in [0.15, 0.2) is 18.2 Å². The van der Waals surface area contributed by atoms with Crippen molar-refractivity contribution in [2.75, 3.05) is 13.2 Å². The van der Waals surface area contributed by atoms with Crippen molar-refractivity contribution in [1.29, 1.82) is 0 Å². The minimum Gasteiger partial charge on any atom is -0.508 e. The minimum absolute atomic E-state index is 0.226. The predicted molar refractivity (Wildman–Crippen MR) is 65.9 cm³/mol. The molecule has 0 saturated heterocycles. The van der Waals surface area contributed by atoms with Crippen molar-refractivity contribution in [2.45, 2.75) is 26.4 Å². The molecule has 0 fully saturated rings. The number of hydrogen-bond acceptors (Lipinski definition) is 3. The highest BCUT2D eigenvalue weighted by Crippen LogP contribution is 2.24. The molecule has 3 nitrogen and oxygen atoms in total. The molecule has 0 radical (unpaired) electrons. The molecule has 0 aliphatic carbocycles. The van der Waals surface area contributed by atoms with E-state index in [-0.39, 0.29) is 11.8 Å². The van der Waals surface area contributed by atoms with E-state index in [0.29, 0.717) is 24.8 Å². The molecule has 0 aromatic heterocycles. The Bertz CT molecular complexity index is 311. The van der Waals surface area contributed by atoms with Gasteiger partial charge in [-0.2, -0.15) is 0 Å². The maximum Gasteiger partial charge on any atom is 0.121 e.